The van der Waals surface area contributed by atoms with E-state index in [4.69, 9.17) is 34.2 Å². The summed E-state index contributed by atoms with van der Waals surface area (Å²) in [6.07, 6.45) is -3.09. The van der Waals surface area contributed by atoms with Crippen LogP contribution in [-0.2, 0) is 34.9 Å². The Morgan fingerprint density at radius 3 is 2.49 bits per heavy atom. The maximum absolute atomic E-state index is 13.9. The number of nitro benzene ring substituents is 1. The van der Waals surface area contributed by atoms with Crippen LogP contribution in [0.4, 0.5) is 16.2 Å². The van der Waals surface area contributed by atoms with Crippen molar-refractivity contribution < 1.29 is 62.7 Å². The maximum atomic E-state index is 13.9. The van der Waals surface area contributed by atoms with Crippen LogP contribution in [0.3, 0.4) is 0 Å². The van der Waals surface area contributed by atoms with Gasteiger partial charge in [-0.3, -0.25) is 29.4 Å². The lowest BCUT2D eigenvalue weighted by Gasteiger charge is -2.45. The van der Waals surface area contributed by atoms with E-state index in [9.17, 15) is 39.5 Å². The normalized spacial score (nSPS) is 25.0. The number of carbonyl (C=O) groups excluding carboxylic acids is 4. The number of hydrogen-bond donors (Lipinski definition) is 3. The molecule has 7 rings (SSSR count). The van der Waals surface area contributed by atoms with Gasteiger partial charge in [0.25, 0.3) is 5.69 Å². The van der Waals surface area contributed by atoms with Crippen LogP contribution in [0.15, 0.2) is 42.5 Å². The van der Waals surface area contributed by atoms with Crippen molar-refractivity contribution in [2.45, 2.75) is 63.4 Å². The first-order valence-corrected chi connectivity index (χ1v) is 17.7. The van der Waals surface area contributed by atoms with E-state index in [0.717, 1.165) is 12.1 Å². The van der Waals surface area contributed by atoms with E-state index < -0.39 is 76.0 Å². The first kappa shape index (κ1) is 37.8. The second-order valence-electron chi connectivity index (χ2n) is 13.9. The minimum absolute atomic E-state index is 0.0147. The highest BCUT2D eigenvalue weighted by molar-refractivity contribution is 6.32. The second kappa shape index (κ2) is 15.3. The van der Waals surface area contributed by atoms with E-state index in [1.807, 2.05) is 6.92 Å². The Bertz CT molecular complexity index is 2050. The van der Waals surface area contributed by atoms with Crippen molar-refractivity contribution in [3.05, 3.63) is 86.0 Å². The van der Waals surface area contributed by atoms with Gasteiger partial charge in [0.1, 0.15) is 23.5 Å². The Hall–Kier alpha value is -5.46. The predicted molar refractivity (Wildman–Crippen MR) is 189 cm³/mol. The molecule has 0 saturated carbocycles. The maximum Gasteiger partial charge on any atom is 0.514 e. The molecule has 0 aromatic heterocycles. The molecule has 290 valence electrons. The number of fused-ring (bicyclic) bond motifs is 3. The SMILES string of the molecule is CO[C@@H]1COCCN1[C@H]1CC(O[C@H]2C[C@H](C(=O)COC(=O)Oc3ccc([N+](=O)[O-])cc3)Cc3c(O)c4c(c(O)c32)C(=O)c2c(N)cccc2C4=O)O[C@@H](C)C1. The Morgan fingerprint density at radius 2 is 1.76 bits per heavy atom. The van der Waals surface area contributed by atoms with Crippen LogP contribution in [0.5, 0.6) is 17.2 Å². The molecule has 6 atom stereocenters. The molecular weight excluding hydrogens is 722 g/mol. The first-order chi connectivity index (χ1) is 26.4. The first-order valence-electron chi connectivity index (χ1n) is 17.7. The molecule has 4 N–H and O–H groups in total. The summed E-state index contributed by atoms with van der Waals surface area (Å²) in [5.74, 6) is -4.28. The molecule has 2 heterocycles. The molecule has 4 aliphatic rings. The van der Waals surface area contributed by atoms with Gasteiger partial charge in [-0.2, -0.15) is 0 Å². The molecule has 1 unspecified atom stereocenters. The van der Waals surface area contributed by atoms with Gasteiger partial charge in [0.05, 0.1) is 47.0 Å². The van der Waals surface area contributed by atoms with Crippen molar-refractivity contribution >= 4 is 34.9 Å². The molecule has 17 nitrogen and oxygen atoms in total. The lowest BCUT2D eigenvalue weighted by Crippen LogP contribution is -2.55. The number of nitro groups is 1. The number of anilines is 1. The van der Waals surface area contributed by atoms with Gasteiger partial charge >= 0.3 is 6.16 Å². The third-order valence-corrected chi connectivity index (χ3v) is 10.6. The number of methoxy groups -OCH3 is 1. The van der Waals surface area contributed by atoms with Crippen LogP contribution < -0.4 is 10.5 Å². The highest BCUT2D eigenvalue weighted by Gasteiger charge is 2.45. The fourth-order valence-electron chi connectivity index (χ4n) is 7.97. The van der Waals surface area contributed by atoms with Crippen LogP contribution in [0.1, 0.15) is 75.3 Å². The van der Waals surface area contributed by atoms with Crippen molar-refractivity contribution in [2.24, 2.45) is 5.92 Å². The number of Topliss-reactive ketones (excluding diaryl/α,β-unsaturated/α-hetero) is 1. The lowest BCUT2D eigenvalue weighted by molar-refractivity contribution is -0.384. The number of ether oxygens (including phenoxy) is 6. The van der Waals surface area contributed by atoms with Crippen molar-refractivity contribution in [2.75, 3.05) is 39.2 Å². The van der Waals surface area contributed by atoms with E-state index in [2.05, 4.69) is 4.90 Å². The zero-order valence-corrected chi connectivity index (χ0v) is 29.9. The Labute approximate surface area is 313 Å². The average molecular weight is 762 g/mol. The molecule has 0 radical (unpaired) electrons. The Morgan fingerprint density at radius 1 is 1.02 bits per heavy atom. The topological polar surface area (TPSA) is 237 Å². The van der Waals surface area contributed by atoms with Crippen LogP contribution >= 0.6 is 0 Å². The highest BCUT2D eigenvalue weighted by Crippen LogP contribution is 2.51. The van der Waals surface area contributed by atoms with E-state index >= 15 is 0 Å². The number of rotatable bonds is 9. The quantitative estimate of drug-likeness (QED) is 0.0546. The Kier molecular flexibility index (Phi) is 10.6. The summed E-state index contributed by atoms with van der Waals surface area (Å²) in [5.41, 5.74) is 4.97. The molecule has 2 aliphatic heterocycles. The molecule has 2 fully saturated rings. The number of benzene rings is 3. The predicted octanol–water partition coefficient (Wildman–Crippen LogP) is 3.97. The van der Waals surface area contributed by atoms with Gasteiger partial charge in [-0.1, -0.05) is 12.1 Å². The summed E-state index contributed by atoms with van der Waals surface area (Å²) in [6.45, 7) is 2.65. The molecule has 3 aromatic carbocycles. The summed E-state index contributed by atoms with van der Waals surface area (Å²) in [4.78, 5) is 66.4. The van der Waals surface area contributed by atoms with Gasteiger partial charge in [-0.25, -0.2) is 4.79 Å². The van der Waals surface area contributed by atoms with Gasteiger partial charge in [-0.05, 0) is 44.4 Å². The zero-order chi connectivity index (χ0) is 39.1. The molecule has 3 aromatic rings. The Balaban J connectivity index is 1.18. The molecule has 17 heteroatoms. The van der Waals surface area contributed by atoms with Crippen molar-refractivity contribution in [1.82, 2.24) is 4.90 Å². The number of non-ortho nitro benzene ring substituents is 1. The molecule has 2 saturated heterocycles. The van der Waals surface area contributed by atoms with Crippen molar-refractivity contribution in [3.8, 4) is 17.2 Å². The summed E-state index contributed by atoms with van der Waals surface area (Å²) in [5, 5.41) is 34.6. The van der Waals surface area contributed by atoms with E-state index in [0.29, 0.717) is 32.6 Å². The minimum Gasteiger partial charge on any atom is -0.507 e. The average Bonchev–Trinajstić information content (AvgIpc) is 3.17. The van der Waals surface area contributed by atoms with Crippen molar-refractivity contribution in [1.29, 1.82) is 0 Å². The van der Waals surface area contributed by atoms with Crippen LogP contribution in [0.2, 0.25) is 0 Å². The molecule has 0 bridgehead atoms. The second-order valence-corrected chi connectivity index (χ2v) is 13.9. The number of carbonyl (C=O) groups is 4. The highest BCUT2D eigenvalue weighted by atomic mass is 16.7. The number of phenolic OH excluding ortho intramolecular Hbond substituents is 2. The number of hydrogen-bond acceptors (Lipinski definition) is 16. The van der Waals surface area contributed by atoms with Gasteiger partial charge in [0, 0.05) is 66.5 Å². The fraction of sp³-hybridized carbons (Fsp3) is 0.421. The molecule has 0 spiro atoms. The summed E-state index contributed by atoms with van der Waals surface area (Å²) >= 11 is 0. The molecule has 0 amide bonds. The molecular formula is C38H39N3O14. The number of aromatic hydroxyl groups is 2. The summed E-state index contributed by atoms with van der Waals surface area (Å²) in [7, 11) is 1.60. The van der Waals surface area contributed by atoms with Gasteiger partial charge < -0.3 is 44.4 Å². The molecule has 55 heavy (non-hydrogen) atoms. The van der Waals surface area contributed by atoms with E-state index in [1.165, 1.54) is 30.3 Å². The molecule has 2 aliphatic carbocycles. The fourth-order valence-corrected chi connectivity index (χ4v) is 7.97. The van der Waals surface area contributed by atoms with Gasteiger partial charge in [0.2, 0.25) is 0 Å². The monoisotopic (exact) mass is 761 g/mol. The van der Waals surface area contributed by atoms with E-state index in [-0.39, 0.29) is 70.6 Å². The number of phenols is 2. The van der Waals surface area contributed by atoms with Gasteiger partial charge in [0.15, 0.2) is 30.2 Å². The number of ketones is 3. The van der Waals surface area contributed by atoms with E-state index in [1.54, 1.807) is 7.11 Å². The largest absolute Gasteiger partial charge is 0.514 e. The standard InChI is InChI=1S/C38H39N3O14/c1-18-12-21(40-10-11-51-17-28(40)50-2)15-29(53-18)55-27-14-19(26(42)16-52-38(47)54-22-8-6-20(7-9-22)41(48)49)13-24-31(27)37(46)33-32(35(24)44)34(43)23-4-3-5-25(39)30(23)36(33)45/h3-9,18-19,21,27-29,44,46H,10-17,39H2,1-2H3/t18-,19+,21+,27-,28+,29?/m0/s1. The zero-order valence-electron chi connectivity index (χ0n) is 29.9. The van der Waals surface area contributed by atoms with Gasteiger partial charge in [-0.15, -0.1) is 0 Å². The number of nitrogens with zero attached hydrogens (tertiary/aromatic N) is 2. The third kappa shape index (κ3) is 7.24. The minimum atomic E-state index is -1.24. The summed E-state index contributed by atoms with van der Waals surface area (Å²) in [6, 6.07) is 8.96. The van der Waals surface area contributed by atoms with Crippen LogP contribution in [0, 0.1) is 16.0 Å². The van der Waals surface area contributed by atoms with Crippen LogP contribution in [0.25, 0.3) is 0 Å². The lowest BCUT2D eigenvalue weighted by atomic mass is 9.73. The summed E-state index contributed by atoms with van der Waals surface area (Å²) < 4.78 is 34.2. The van der Waals surface area contributed by atoms with Crippen molar-refractivity contribution in [3.63, 3.8) is 0 Å². The van der Waals surface area contributed by atoms with Crippen LogP contribution in [-0.4, -0.2) is 102 Å². The smallest absolute Gasteiger partial charge is 0.507 e. The third-order valence-electron chi connectivity index (χ3n) is 10.6. The number of nitrogens with two attached hydrogens (primary N) is 1. The number of nitrogen functional groups attached to an aromatic ring is 1. The number of morpholine rings is 1.